The predicted molar refractivity (Wildman–Crippen MR) is 230 cm³/mol. The van der Waals surface area contributed by atoms with Crippen molar-refractivity contribution in [2.75, 3.05) is 11.5 Å². The monoisotopic (exact) mass is 827 g/mol. The minimum Gasteiger partial charge on any atom is -0.457 e. The quantitative estimate of drug-likeness (QED) is 0.0991. The number of allylic oxidation sites excluding steroid dienone is 5. The molecule has 3 aliphatic rings. The van der Waals surface area contributed by atoms with Gasteiger partial charge < -0.3 is 20.9 Å². The van der Waals surface area contributed by atoms with Crippen molar-refractivity contribution in [2.24, 2.45) is 7.05 Å². The number of anilines is 2. The third-order valence-electron chi connectivity index (χ3n) is 10.0. The van der Waals surface area contributed by atoms with Crippen LogP contribution < -0.4 is 38.4 Å². The summed E-state index contributed by atoms with van der Waals surface area (Å²) >= 11 is 0. The van der Waals surface area contributed by atoms with Crippen LogP contribution >= 0.6 is 0 Å². The van der Waals surface area contributed by atoms with Crippen molar-refractivity contribution < 1.29 is 33.1 Å². The highest BCUT2D eigenvalue weighted by Crippen LogP contribution is 2.30. The number of aromatic nitrogens is 2. The largest absolute Gasteiger partial charge is 0.457 e. The van der Waals surface area contributed by atoms with E-state index >= 15 is 0 Å². The Hall–Kier alpha value is -8.85. The first-order chi connectivity index (χ1) is 29.7. The van der Waals surface area contributed by atoms with E-state index in [2.05, 4.69) is 11.3 Å². The molecule has 304 valence electrons. The van der Waals surface area contributed by atoms with Crippen LogP contribution in [0.15, 0.2) is 153 Å². The summed E-state index contributed by atoms with van der Waals surface area (Å²) in [7, 11) is 1.36. The van der Waals surface area contributed by atoms with Crippen LogP contribution in [0.3, 0.4) is 0 Å². The van der Waals surface area contributed by atoms with Crippen molar-refractivity contribution in [1.29, 1.82) is 0 Å². The van der Waals surface area contributed by atoms with Gasteiger partial charge in [-0.2, -0.15) is 0 Å². The van der Waals surface area contributed by atoms with Gasteiger partial charge in [0.2, 0.25) is 0 Å². The zero-order chi connectivity index (χ0) is 44.0. The van der Waals surface area contributed by atoms with Gasteiger partial charge in [0.25, 0.3) is 22.2 Å². The number of Topliss-reactive ketones (excluding diaryl/α,β-unsaturated/α-hetero) is 2. The summed E-state index contributed by atoms with van der Waals surface area (Å²) in [5.41, 5.74) is 12.3. The number of hydrogen-bond acceptors (Lipinski definition) is 12. The number of esters is 2. The fourth-order valence-electron chi connectivity index (χ4n) is 6.82. The van der Waals surface area contributed by atoms with Crippen molar-refractivity contribution in [2.45, 2.75) is 6.42 Å². The number of hydrogen-bond donors (Lipinski definition) is 2. The molecule has 15 heteroatoms. The van der Waals surface area contributed by atoms with E-state index in [1.807, 2.05) is 36.4 Å². The van der Waals surface area contributed by atoms with Crippen molar-refractivity contribution in [3.05, 3.63) is 197 Å². The first-order valence-electron chi connectivity index (χ1n) is 18.7. The average Bonchev–Trinajstić information content (AvgIpc) is 3.88. The summed E-state index contributed by atoms with van der Waals surface area (Å²) in [5.74, 6) is 0.503. The van der Waals surface area contributed by atoms with Crippen LogP contribution in [0.1, 0.15) is 47.9 Å². The fraction of sp³-hybridized carbons (Fsp3) is 0.0426. The van der Waals surface area contributed by atoms with Gasteiger partial charge in [0.1, 0.15) is 11.5 Å². The normalized spacial score (nSPS) is 13.7. The molecule has 1 aliphatic heterocycles. The first kappa shape index (κ1) is 40.0. The Balaban J connectivity index is 0.000000143. The highest BCUT2D eigenvalue weighted by molar-refractivity contribution is 6.27. The van der Waals surface area contributed by atoms with E-state index in [0.717, 1.165) is 37.6 Å². The molecular weight excluding hydrogens is 797 g/mol. The van der Waals surface area contributed by atoms with E-state index < -0.39 is 34.2 Å². The standard InChI is InChI=1S/C24H15N2O5.C12H12N2O.C11H4O5/c1-13-3-7-15(8-4-13)31-16-9-5-14(6-10-16)26-23(29)19-11-17-18(12-20(19)24(26)30)22(28)25(2)21(17)27;13-9-1-5-11(6-2-9)15-12-7-3-10(14)4-8-12;12-8-3-9(13)5-2-7-6(1-4(5)8)10(14)16-11(7)15/h3-12H,1H2,2H3;1-8H,13-14H2;1-2H,3H2/q+1;;. The van der Waals surface area contributed by atoms with Gasteiger partial charge in [-0.1, -0.05) is 6.58 Å². The van der Waals surface area contributed by atoms with Crippen LogP contribution in [0.2, 0.25) is 0 Å². The molecule has 0 bridgehead atoms. The van der Waals surface area contributed by atoms with E-state index in [1.54, 1.807) is 60.7 Å². The van der Waals surface area contributed by atoms with E-state index in [9.17, 15) is 38.4 Å². The van der Waals surface area contributed by atoms with E-state index in [0.29, 0.717) is 17.2 Å². The van der Waals surface area contributed by atoms with Crippen LogP contribution in [0, 0.1) is 0 Å². The molecule has 3 heterocycles. The van der Waals surface area contributed by atoms with E-state index in [4.69, 9.17) is 20.6 Å². The molecule has 0 atom stereocenters. The van der Waals surface area contributed by atoms with Crippen molar-refractivity contribution in [3.63, 3.8) is 0 Å². The molecule has 0 saturated carbocycles. The van der Waals surface area contributed by atoms with Gasteiger partial charge in [-0.05, 0) is 103 Å². The molecule has 0 amide bonds. The van der Waals surface area contributed by atoms with Gasteiger partial charge in [-0.3, -0.25) is 33.3 Å². The average molecular weight is 828 g/mol. The highest BCUT2D eigenvalue weighted by Gasteiger charge is 2.36. The lowest BCUT2D eigenvalue weighted by Gasteiger charge is -2.05. The van der Waals surface area contributed by atoms with Crippen LogP contribution in [-0.4, -0.2) is 38.4 Å². The molecule has 0 unspecified atom stereocenters. The maximum Gasteiger partial charge on any atom is 0.353 e. The highest BCUT2D eigenvalue weighted by atomic mass is 16.6. The number of benzene rings is 5. The number of ether oxygens (including phenoxy) is 2. The molecule has 0 fully saturated rings. The summed E-state index contributed by atoms with van der Waals surface area (Å²) in [6.45, 7) is 3.82. The Bertz CT molecular complexity index is 3160. The molecule has 0 saturated heterocycles. The molecule has 10 rings (SSSR count). The molecule has 0 radical (unpaired) electrons. The molecule has 5 aromatic carbocycles. The van der Waals surface area contributed by atoms with Crippen molar-refractivity contribution >= 4 is 62.2 Å². The van der Waals surface area contributed by atoms with Gasteiger partial charge in [-0.15, -0.1) is 0 Å². The minimum atomic E-state index is -0.769. The van der Waals surface area contributed by atoms with Crippen LogP contribution in [0.4, 0.5) is 11.4 Å². The number of fused-ring (bicyclic) bond motifs is 4. The number of nitrogen functional groups attached to an aromatic ring is 2. The second-order valence-corrected chi connectivity index (χ2v) is 14.2. The lowest BCUT2D eigenvalue weighted by atomic mass is 10.0. The summed E-state index contributed by atoms with van der Waals surface area (Å²) in [5, 5.41) is 0.472. The molecule has 4 N–H and O–H groups in total. The van der Waals surface area contributed by atoms with E-state index in [-0.39, 0.29) is 61.8 Å². The van der Waals surface area contributed by atoms with Crippen LogP contribution in [0.25, 0.3) is 27.2 Å². The fourth-order valence-corrected chi connectivity index (χ4v) is 6.82. The summed E-state index contributed by atoms with van der Waals surface area (Å²) in [4.78, 5) is 95.6. The smallest absolute Gasteiger partial charge is 0.353 e. The minimum absolute atomic E-state index is 0.0619. The van der Waals surface area contributed by atoms with Crippen molar-refractivity contribution in [1.82, 2.24) is 9.13 Å². The third-order valence-corrected chi connectivity index (χ3v) is 10.0. The van der Waals surface area contributed by atoms with Crippen molar-refractivity contribution in [3.8, 4) is 22.9 Å². The van der Waals surface area contributed by atoms with Gasteiger partial charge in [0.05, 0.1) is 44.8 Å². The Morgan fingerprint density at radius 3 is 1.45 bits per heavy atom. The lowest BCUT2D eigenvalue weighted by Crippen LogP contribution is -2.23. The zero-order valence-electron chi connectivity index (χ0n) is 32.5. The Kier molecular flexibility index (Phi) is 10.1. The first-order valence-corrected chi connectivity index (χ1v) is 18.7. The molecule has 0 spiro atoms. The number of cyclic esters (lactones) is 2. The Morgan fingerprint density at radius 1 is 0.565 bits per heavy atom. The Morgan fingerprint density at radius 2 is 1.00 bits per heavy atom. The van der Waals surface area contributed by atoms with Crippen LogP contribution in [-0.2, 0) is 16.2 Å². The van der Waals surface area contributed by atoms with E-state index in [1.165, 1.54) is 31.3 Å². The molecule has 2 aliphatic carbocycles. The zero-order valence-corrected chi connectivity index (χ0v) is 32.5. The maximum atomic E-state index is 12.9. The summed E-state index contributed by atoms with van der Waals surface area (Å²) < 4.78 is 17.7. The van der Waals surface area contributed by atoms with Gasteiger partial charge in [-0.25, -0.2) is 18.6 Å². The van der Waals surface area contributed by atoms with Gasteiger partial charge in [0, 0.05) is 53.8 Å². The molecule has 15 nitrogen and oxygen atoms in total. The number of carbonyl (C=O) groups excluding carboxylic acids is 5. The van der Waals surface area contributed by atoms with Gasteiger partial charge >= 0.3 is 23.5 Å². The third kappa shape index (κ3) is 7.48. The summed E-state index contributed by atoms with van der Waals surface area (Å²) in [6.07, 6.45) is 7.04. The predicted octanol–water partition coefficient (Wildman–Crippen LogP) is 5.35. The molecule has 2 aromatic heterocycles. The Labute approximate surface area is 348 Å². The second-order valence-electron chi connectivity index (χ2n) is 14.2. The SMILES string of the molecule is C=C1C=CC(=[O+]c2ccc(-n3c(=O)c4cc5c(=O)n(C)c(=O)c5cc4c3=O)cc2)C=C1.Nc1ccc(Oc2ccc(N)cc2)cc1.O=C1CC(=O)c2cc3c(cc21)C(=O)OC3=O. The van der Waals surface area contributed by atoms with Gasteiger partial charge in [0.15, 0.2) is 11.6 Å². The van der Waals surface area contributed by atoms with Crippen LogP contribution in [0.5, 0.6) is 17.2 Å². The maximum absolute atomic E-state index is 12.9. The summed E-state index contributed by atoms with van der Waals surface area (Å²) in [6, 6.07) is 26.2. The molecule has 62 heavy (non-hydrogen) atoms. The number of carbonyl (C=O) groups is 4. The topological polar surface area (TPSA) is 228 Å². The lowest BCUT2D eigenvalue weighted by molar-refractivity contribution is -0.364. The second kappa shape index (κ2) is 15.7. The number of ketones is 3. The number of nitrogens with two attached hydrogens (primary N) is 2. The molecule has 7 aromatic rings. The number of rotatable bonds is 4. The number of nitrogens with zero attached hydrogens (tertiary/aromatic N) is 2. The molecular formula is C47H31N4O11+.